The van der Waals surface area contributed by atoms with Crippen LogP contribution >= 0.6 is 0 Å². The van der Waals surface area contributed by atoms with Gasteiger partial charge in [0.2, 0.25) is 5.91 Å². The number of carbonyl (C=O) groups excluding carboxylic acids is 1. The van der Waals surface area contributed by atoms with Gasteiger partial charge in [0.05, 0.1) is 0 Å². The van der Waals surface area contributed by atoms with Crippen LogP contribution in [0, 0.1) is 19.8 Å². The quantitative estimate of drug-likeness (QED) is 0.855. The number of nitrogens with one attached hydrogen (secondary N) is 2. The predicted molar refractivity (Wildman–Crippen MR) is 96.0 cm³/mol. The molecule has 1 unspecified atom stereocenters. The summed E-state index contributed by atoms with van der Waals surface area (Å²) < 4.78 is 4.84. The molecule has 0 saturated carbocycles. The molecule has 3 rings (SSSR count). The Morgan fingerprint density at radius 2 is 2.25 bits per heavy atom. The van der Waals surface area contributed by atoms with E-state index in [-0.39, 0.29) is 12.5 Å². The number of para-hydroxylation sites is 1. The minimum absolute atomic E-state index is 0.0297. The Kier molecular flexibility index (Phi) is 5.21. The fourth-order valence-electron chi connectivity index (χ4n) is 3.60. The third kappa shape index (κ3) is 3.62. The number of aromatic nitrogens is 1. The van der Waals surface area contributed by atoms with Crippen LogP contribution in [-0.2, 0) is 16.1 Å². The zero-order chi connectivity index (χ0) is 17.1. The van der Waals surface area contributed by atoms with Gasteiger partial charge in [0.25, 0.3) is 0 Å². The Bertz CT molecular complexity index is 723. The summed E-state index contributed by atoms with van der Waals surface area (Å²) in [5.41, 5.74) is 5.21. The van der Waals surface area contributed by atoms with Crippen molar-refractivity contribution in [2.24, 2.45) is 5.92 Å². The second-order valence-corrected chi connectivity index (χ2v) is 6.85. The van der Waals surface area contributed by atoms with E-state index in [4.69, 9.17) is 4.74 Å². The average Bonchev–Trinajstić information content (AvgIpc) is 3.13. The lowest BCUT2D eigenvalue weighted by Gasteiger charge is -2.16. The number of likely N-dealkylation sites (tertiary alicyclic amines) is 1. The van der Waals surface area contributed by atoms with Gasteiger partial charge in [-0.1, -0.05) is 18.2 Å². The van der Waals surface area contributed by atoms with Gasteiger partial charge in [-0.25, -0.2) is 0 Å². The van der Waals surface area contributed by atoms with Crippen LogP contribution in [0.4, 0.5) is 0 Å². The molecule has 1 aliphatic heterocycles. The summed E-state index contributed by atoms with van der Waals surface area (Å²) in [6, 6.07) is 6.46. The smallest absolute Gasteiger partial charge is 0.245 e. The van der Waals surface area contributed by atoms with E-state index in [0.717, 1.165) is 32.6 Å². The van der Waals surface area contributed by atoms with Gasteiger partial charge in [-0.05, 0) is 43.9 Å². The van der Waals surface area contributed by atoms with Gasteiger partial charge in [0.15, 0.2) is 0 Å². The first kappa shape index (κ1) is 17.0. The van der Waals surface area contributed by atoms with Gasteiger partial charge in [-0.15, -0.1) is 0 Å². The molecule has 5 nitrogen and oxygen atoms in total. The number of aryl methyl sites for hydroxylation is 2. The number of rotatable bonds is 6. The van der Waals surface area contributed by atoms with Crippen molar-refractivity contribution in [3.05, 3.63) is 35.0 Å². The van der Waals surface area contributed by atoms with Gasteiger partial charge in [-0.3, -0.25) is 9.69 Å². The van der Waals surface area contributed by atoms with Crippen LogP contribution in [-0.4, -0.2) is 49.1 Å². The van der Waals surface area contributed by atoms with Crippen molar-refractivity contribution >= 4 is 16.8 Å². The molecule has 1 aromatic carbocycles. The summed E-state index contributed by atoms with van der Waals surface area (Å²) in [6.07, 6.45) is 1.13. The number of methoxy groups -OCH3 is 1. The number of fused-ring (bicyclic) bond motifs is 1. The normalized spacial score (nSPS) is 18.4. The van der Waals surface area contributed by atoms with E-state index in [2.05, 4.69) is 47.2 Å². The second kappa shape index (κ2) is 7.36. The lowest BCUT2D eigenvalue weighted by Crippen LogP contribution is -2.33. The second-order valence-electron chi connectivity index (χ2n) is 6.85. The van der Waals surface area contributed by atoms with Crippen LogP contribution in [0.15, 0.2) is 18.2 Å². The van der Waals surface area contributed by atoms with Crippen LogP contribution in [0.5, 0.6) is 0 Å². The van der Waals surface area contributed by atoms with Gasteiger partial charge in [0, 0.05) is 43.3 Å². The highest BCUT2D eigenvalue weighted by molar-refractivity contribution is 5.86. The minimum Gasteiger partial charge on any atom is -0.375 e. The average molecular weight is 329 g/mol. The Hall–Kier alpha value is -1.85. The number of amides is 1. The van der Waals surface area contributed by atoms with Gasteiger partial charge in [-0.2, -0.15) is 0 Å². The van der Waals surface area contributed by atoms with Crippen molar-refractivity contribution in [2.75, 3.05) is 33.4 Å². The molecule has 1 saturated heterocycles. The van der Waals surface area contributed by atoms with E-state index in [1.807, 2.05) is 0 Å². The lowest BCUT2D eigenvalue weighted by molar-refractivity contribution is -0.124. The summed E-state index contributed by atoms with van der Waals surface area (Å²) in [5.74, 6) is 0.495. The van der Waals surface area contributed by atoms with Crippen molar-refractivity contribution in [3.8, 4) is 0 Å². The molecule has 2 heterocycles. The molecule has 0 radical (unpaired) electrons. The number of H-pyrrole nitrogens is 1. The number of hydrogen-bond donors (Lipinski definition) is 2. The van der Waals surface area contributed by atoms with Crippen LogP contribution in [0.3, 0.4) is 0 Å². The molecule has 1 fully saturated rings. The third-order valence-electron chi connectivity index (χ3n) is 5.02. The van der Waals surface area contributed by atoms with Gasteiger partial charge in [0.1, 0.15) is 6.61 Å². The lowest BCUT2D eigenvalue weighted by atomic mass is 10.1. The van der Waals surface area contributed by atoms with Crippen molar-refractivity contribution < 1.29 is 9.53 Å². The number of hydrogen-bond acceptors (Lipinski definition) is 3. The first-order valence-corrected chi connectivity index (χ1v) is 8.63. The standard InChI is InChI=1S/C19H27N3O2/c1-13-5-4-6-16-14(2)17(21-19(13)16)11-22-8-7-15(10-22)9-20-18(23)12-24-3/h4-6,15,21H,7-12H2,1-3H3,(H,20,23). The maximum absolute atomic E-state index is 11.5. The molecule has 0 aliphatic carbocycles. The van der Waals surface area contributed by atoms with E-state index in [1.165, 1.54) is 27.7 Å². The van der Waals surface area contributed by atoms with Gasteiger partial charge >= 0.3 is 0 Å². The largest absolute Gasteiger partial charge is 0.375 e. The Balaban J connectivity index is 1.59. The summed E-state index contributed by atoms with van der Waals surface area (Å²) >= 11 is 0. The molecule has 130 valence electrons. The molecule has 1 aliphatic rings. The molecule has 0 bridgehead atoms. The Morgan fingerprint density at radius 3 is 3.00 bits per heavy atom. The summed E-state index contributed by atoms with van der Waals surface area (Å²) in [7, 11) is 1.54. The predicted octanol–water partition coefficient (Wildman–Crippen LogP) is 2.37. The monoisotopic (exact) mass is 329 g/mol. The molecule has 24 heavy (non-hydrogen) atoms. The molecule has 1 amide bonds. The van der Waals surface area contributed by atoms with E-state index in [0.29, 0.717) is 5.92 Å². The minimum atomic E-state index is -0.0297. The SMILES string of the molecule is COCC(=O)NCC1CCN(Cc2[nH]c3c(C)cccc3c2C)C1. The zero-order valence-corrected chi connectivity index (χ0v) is 14.8. The van der Waals surface area contributed by atoms with Crippen molar-refractivity contribution in [1.29, 1.82) is 0 Å². The zero-order valence-electron chi connectivity index (χ0n) is 14.8. The topological polar surface area (TPSA) is 57.4 Å². The number of nitrogens with zero attached hydrogens (tertiary/aromatic N) is 1. The maximum atomic E-state index is 11.5. The molecule has 2 N–H and O–H groups in total. The van der Waals surface area contributed by atoms with Crippen LogP contribution in [0.25, 0.3) is 10.9 Å². The van der Waals surface area contributed by atoms with Crippen LogP contribution < -0.4 is 5.32 Å². The molecular formula is C19H27N3O2. The summed E-state index contributed by atoms with van der Waals surface area (Å²) in [4.78, 5) is 17.6. The fraction of sp³-hybridized carbons (Fsp3) is 0.526. The van der Waals surface area contributed by atoms with Crippen molar-refractivity contribution in [3.63, 3.8) is 0 Å². The highest BCUT2D eigenvalue weighted by Gasteiger charge is 2.24. The van der Waals surface area contributed by atoms with Crippen molar-refractivity contribution in [2.45, 2.75) is 26.8 Å². The number of carbonyl (C=O) groups is 1. The highest BCUT2D eigenvalue weighted by Crippen LogP contribution is 2.26. The van der Waals surface area contributed by atoms with Crippen LogP contribution in [0.1, 0.15) is 23.2 Å². The van der Waals surface area contributed by atoms with Crippen molar-refractivity contribution in [1.82, 2.24) is 15.2 Å². The molecular weight excluding hydrogens is 302 g/mol. The highest BCUT2D eigenvalue weighted by atomic mass is 16.5. The molecule has 1 atom stereocenters. The number of ether oxygens (including phenoxy) is 1. The van der Waals surface area contributed by atoms with E-state index < -0.39 is 0 Å². The first-order chi connectivity index (χ1) is 11.6. The van der Waals surface area contributed by atoms with E-state index >= 15 is 0 Å². The molecule has 2 aromatic rings. The fourth-order valence-corrected chi connectivity index (χ4v) is 3.60. The van der Waals surface area contributed by atoms with E-state index in [1.54, 1.807) is 7.11 Å². The summed E-state index contributed by atoms with van der Waals surface area (Å²) in [5, 5.41) is 4.28. The molecule has 5 heteroatoms. The maximum Gasteiger partial charge on any atom is 0.245 e. The van der Waals surface area contributed by atoms with E-state index in [9.17, 15) is 4.79 Å². The number of benzene rings is 1. The van der Waals surface area contributed by atoms with Crippen LogP contribution in [0.2, 0.25) is 0 Å². The Morgan fingerprint density at radius 1 is 1.42 bits per heavy atom. The molecule has 0 spiro atoms. The third-order valence-corrected chi connectivity index (χ3v) is 5.02. The Labute approximate surface area is 143 Å². The van der Waals surface area contributed by atoms with Gasteiger partial charge < -0.3 is 15.0 Å². The first-order valence-electron chi connectivity index (χ1n) is 8.63. The number of aromatic amines is 1. The molecule has 1 aromatic heterocycles. The summed E-state index contributed by atoms with van der Waals surface area (Å²) in [6.45, 7) is 8.29.